The highest BCUT2D eigenvalue weighted by atomic mass is 16.5. The summed E-state index contributed by atoms with van der Waals surface area (Å²) in [5.74, 6) is -1.09. The van der Waals surface area contributed by atoms with Gasteiger partial charge >= 0.3 is 5.97 Å². The summed E-state index contributed by atoms with van der Waals surface area (Å²) < 4.78 is 5.10. The van der Waals surface area contributed by atoms with E-state index in [1.54, 1.807) is 0 Å². The second-order valence-electron chi connectivity index (χ2n) is 5.66. The fraction of sp³-hybridized carbons (Fsp3) is 0.643. The molecule has 1 heterocycles. The molecule has 0 atom stereocenters. The van der Waals surface area contributed by atoms with Gasteiger partial charge in [-0.3, -0.25) is 4.79 Å². The lowest BCUT2D eigenvalue weighted by molar-refractivity contribution is 0.0688. The van der Waals surface area contributed by atoms with E-state index >= 15 is 0 Å². The minimum absolute atomic E-state index is 0.0548. The Balaban J connectivity index is 1.78. The number of rotatable bonds is 4. The number of nitrogens with one attached hydrogen (secondary N) is 1. The largest absolute Gasteiger partial charge is 0.477 e. The predicted molar refractivity (Wildman–Crippen MR) is 69.8 cm³/mol. The third-order valence-corrected chi connectivity index (χ3v) is 4.04. The van der Waals surface area contributed by atoms with Gasteiger partial charge in [0.1, 0.15) is 5.56 Å². The molecule has 1 aromatic rings. The highest BCUT2D eigenvalue weighted by molar-refractivity contribution is 6.04. The van der Waals surface area contributed by atoms with Gasteiger partial charge in [0, 0.05) is 12.0 Å². The van der Waals surface area contributed by atoms with Crippen molar-refractivity contribution in [2.24, 2.45) is 0 Å². The van der Waals surface area contributed by atoms with Gasteiger partial charge in [-0.25, -0.2) is 4.79 Å². The summed E-state index contributed by atoms with van der Waals surface area (Å²) in [6.45, 7) is 0. The van der Waals surface area contributed by atoms with E-state index < -0.39 is 11.9 Å². The zero-order valence-electron chi connectivity index (χ0n) is 11.2. The quantitative estimate of drug-likeness (QED) is 0.881. The lowest BCUT2D eigenvalue weighted by Crippen LogP contribution is -2.37. The average Bonchev–Trinajstić information content (AvgIpc) is 3.17. The number of carboxylic acid groups (broad SMARTS) is 1. The van der Waals surface area contributed by atoms with E-state index in [-0.39, 0.29) is 23.2 Å². The van der Waals surface area contributed by atoms with Gasteiger partial charge in [0.25, 0.3) is 5.91 Å². The van der Waals surface area contributed by atoms with Crippen molar-refractivity contribution < 1.29 is 19.2 Å². The Kier molecular flexibility index (Phi) is 3.46. The second-order valence-corrected chi connectivity index (χ2v) is 5.66. The Morgan fingerprint density at radius 2 is 1.85 bits per heavy atom. The molecule has 3 rings (SSSR count). The van der Waals surface area contributed by atoms with E-state index in [1.807, 2.05) is 0 Å². The number of hydrogen-bond acceptors (Lipinski definition) is 4. The van der Waals surface area contributed by atoms with Crippen LogP contribution in [0.5, 0.6) is 0 Å². The van der Waals surface area contributed by atoms with Crippen molar-refractivity contribution in [1.29, 1.82) is 0 Å². The summed E-state index contributed by atoms with van der Waals surface area (Å²) in [7, 11) is 0. The van der Waals surface area contributed by atoms with Gasteiger partial charge in [-0.15, -0.1) is 0 Å². The smallest absolute Gasteiger partial charge is 0.341 e. The second kappa shape index (κ2) is 5.26. The van der Waals surface area contributed by atoms with Crippen molar-refractivity contribution in [3.05, 3.63) is 17.0 Å². The molecule has 2 aliphatic carbocycles. The molecule has 2 saturated carbocycles. The zero-order valence-corrected chi connectivity index (χ0v) is 11.2. The molecule has 6 nitrogen and oxygen atoms in total. The van der Waals surface area contributed by atoms with Crippen LogP contribution in [-0.2, 0) is 0 Å². The first kappa shape index (κ1) is 13.1. The molecule has 1 amide bonds. The van der Waals surface area contributed by atoms with Gasteiger partial charge in [-0.05, 0) is 25.7 Å². The van der Waals surface area contributed by atoms with Crippen LogP contribution in [0.2, 0.25) is 0 Å². The third-order valence-electron chi connectivity index (χ3n) is 4.04. The number of hydrogen-bond donors (Lipinski definition) is 2. The monoisotopic (exact) mass is 278 g/mol. The molecule has 0 radical (unpaired) electrons. The molecule has 0 spiro atoms. The van der Waals surface area contributed by atoms with Crippen LogP contribution < -0.4 is 5.32 Å². The van der Waals surface area contributed by atoms with Crippen LogP contribution in [0.3, 0.4) is 0 Å². The van der Waals surface area contributed by atoms with E-state index in [4.69, 9.17) is 4.52 Å². The highest BCUT2D eigenvalue weighted by Crippen LogP contribution is 2.42. The molecule has 0 unspecified atom stereocenters. The van der Waals surface area contributed by atoms with E-state index in [2.05, 4.69) is 10.5 Å². The topological polar surface area (TPSA) is 92.4 Å². The third kappa shape index (κ3) is 2.55. The molecule has 20 heavy (non-hydrogen) atoms. The van der Waals surface area contributed by atoms with E-state index in [0.29, 0.717) is 5.76 Å². The average molecular weight is 278 g/mol. The maximum atomic E-state index is 12.2. The van der Waals surface area contributed by atoms with Crippen LogP contribution in [-0.4, -0.2) is 28.2 Å². The summed E-state index contributed by atoms with van der Waals surface area (Å²) >= 11 is 0. The van der Waals surface area contributed by atoms with Crippen molar-refractivity contribution in [3.63, 3.8) is 0 Å². The van der Waals surface area contributed by atoms with Crippen molar-refractivity contribution in [2.75, 3.05) is 0 Å². The number of aromatic carboxylic acids is 1. The molecule has 0 aromatic carbocycles. The van der Waals surface area contributed by atoms with Crippen LogP contribution in [0, 0.1) is 0 Å². The predicted octanol–water partition coefficient (Wildman–Crippen LogP) is 2.31. The van der Waals surface area contributed by atoms with Crippen LogP contribution in [0.15, 0.2) is 4.52 Å². The number of carboxylic acids is 1. The fourth-order valence-corrected chi connectivity index (χ4v) is 2.79. The number of carbonyl (C=O) groups excluding carboxylic acids is 1. The van der Waals surface area contributed by atoms with Crippen molar-refractivity contribution in [1.82, 2.24) is 10.5 Å². The van der Waals surface area contributed by atoms with Gasteiger partial charge in [0.15, 0.2) is 11.5 Å². The summed E-state index contributed by atoms with van der Waals surface area (Å²) in [4.78, 5) is 23.6. The Labute approximate surface area is 116 Å². The minimum Gasteiger partial charge on any atom is -0.477 e. The standard InChI is InChI=1S/C14H18N2O4/c17-13(15-9-4-2-1-3-5-9)11-10(14(18)19)12(20-16-11)8-6-7-8/h8-9H,1-7H2,(H,15,17)(H,18,19). The van der Waals surface area contributed by atoms with E-state index in [0.717, 1.165) is 38.5 Å². The summed E-state index contributed by atoms with van der Waals surface area (Å²) in [5, 5.41) is 15.9. The first-order valence-electron chi connectivity index (χ1n) is 7.20. The van der Waals surface area contributed by atoms with Gasteiger partial charge < -0.3 is 14.9 Å². The van der Waals surface area contributed by atoms with Gasteiger partial charge in [-0.2, -0.15) is 0 Å². The van der Waals surface area contributed by atoms with Gasteiger partial charge in [-0.1, -0.05) is 24.4 Å². The maximum absolute atomic E-state index is 12.2. The normalized spacial score (nSPS) is 19.8. The number of nitrogens with zero attached hydrogens (tertiary/aromatic N) is 1. The molecule has 2 N–H and O–H groups in total. The first-order valence-corrected chi connectivity index (χ1v) is 7.20. The Morgan fingerprint density at radius 3 is 2.45 bits per heavy atom. The Morgan fingerprint density at radius 1 is 1.15 bits per heavy atom. The first-order chi connectivity index (χ1) is 9.66. The van der Waals surface area contributed by atoms with Gasteiger partial charge in [0.05, 0.1) is 0 Å². The van der Waals surface area contributed by atoms with Crippen LogP contribution in [0.1, 0.15) is 77.5 Å². The Hall–Kier alpha value is -1.85. The molecule has 0 saturated heterocycles. The van der Waals surface area contributed by atoms with Crippen LogP contribution in [0.25, 0.3) is 0 Å². The van der Waals surface area contributed by atoms with Gasteiger partial charge in [0.2, 0.25) is 0 Å². The molecule has 2 fully saturated rings. The fourth-order valence-electron chi connectivity index (χ4n) is 2.79. The molecular weight excluding hydrogens is 260 g/mol. The molecule has 0 aliphatic heterocycles. The summed E-state index contributed by atoms with van der Waals surface area (Å²) in [6.07, 6.45) is 7.09. The molecule has 0 bridgehead atoms. The highest BCUT2D eigenvalue weighted by Gasteiger charge is 2.37. The van der Waals surface area contributed by atoms with E-state index in [1.165, 1.54) is 6.42 Å². The van der Waals surface area contributed by atoms with Crippen molar-refractivity contribution >= 4 is 11.9 Å². The zero-order chi connectivity index (χ0) is 14.1. The molecule has 2 aliphatic rings. The summed E-state index contributed by atoms with van der Waals surface area (Å²) in [6, 6.07) is 0.124. The lowest BCUT2D eigenvalue weighted by Gasteiger charge is -2.22. The summed E-state index contributed by atoms with van der Waals surface area (Å²) in [5.41, 5.74) is -0.134. The van der Waals surface area contributed by atoms with Crippen molar-refractivity contribution in [3.8, 4) is 0 Å². The molecule has 108 valence electrons. The number of amides is 1. The molecule has 1 aromatic heterocycles. The van der Waals surface area contributed by atoms with Crippen LogP contribution in [0.4, 0.5) is 0 Å². The maximum Gasteiger partial charge on any atom is 0.341 e. The van der Waals surface area contributed by atoms with E-state index in [9.17, 15) is 14.7 Å². The van der Waals surface area contributed by atoms with Crippen LogP contribution >= 0.6 is 0 Å². The Bertz CT molecular complexity index is 527. The minimum atomic E-state index is -1.14. The number of carbonyl (C=O) groups is 2. The number of aromatic nitrogens is 1. The molecular formula is C14H18N2O4. The SMILES string of the molecule is O=C(NC1CCCCC1)c1noc(C2CC2)c1C(=O)O. The lowest BCUT2D eigenvalue weighted by atomic mass is 9.95. The van der Waals surface area contributed by atoms with Crippen molar-refractivity contribution in [2.45, 2.75) is 56.9 Å². The molecule has 6 heteroatoms.